The summed E-state index contributed by atoms with van der Waals surface area (Å²) in [6.07, 6.45) is 7.19. The van der Waals surface area contributed by atoms with E-state index in [4.69, 9.17) is 0 Å². The second-order valence-electron chi connectivity index (χ2n) is 5.88. The van der Waals surface area contributed by atoms with Crippen LogP contribution in [0.25, 0.3) is 0 Å². The Morgan fingerprint density at radius 2 is 2.24 bits per heavy atom. The fraction of sp³-hybridized carbons (Fsp3) is 0.647. The Balaban J connectivity index is 1.97. The van der Waals surface area contributed by atoms with Gasteiger partial charge >= 0.3 is 0 Å². The number of likely N-dealkylation sites (tertiary alicyclic amines) is 1. The molecule has 1 N–H and O–H groups in total. The average Bonchev–Trinajstić information content (AvgIpc) is 2.64. The highest BCUT2D eigenvalue weighted by molar-refractivity contribution is 5.76. The van der Waals surface area contributed by atoms with Crippen molar-refractivity contribution >= 4 is 11.7 Å². The minimum absolute atomic E-state index is 0.301. The van der Waals surface area contributed by atoms with E-state index in [1.807, 2.05) is 23.2 Å². The number of nitrogens with one attached hydrogen (secondary N) is 1. The summed E-state index contributed by atoms with van der Waals surface area (Å²) >= 11 is 0. The van der Waals surface area contributed by atoms with E-state index in [1.165, 1.54) is 12.8 Å². The molecule has 0 spiro atoms. The molecule has 4 heteroatoms. The summed E-state index contributed by atoms with van der Waals surface area (Å²) in [4.78, 5) is 18.6. The molecule has 1 atom stereocenters. The SMILES string of the molecule is CCCC1CCC(=O)N(Cc2ccnc(NCC)c2)CC1. The van der Waals surface area contributed by atoms with Gasteiger partial charge in [-0.1, -0.05) is 19.8 Å². The Labute approximate surface area is 127 Å². The molecular weight excluding hydrogens is 262 g/mol. The minimum Gasteiger partial charge on any atom is -0.370 e. The molecule has 0 aliphatic carbocycles. The van der Waals surface area contributed by atoms with Gasteiger partial charge in [0.05, 0.1) is 0 Å². The third-order valence-corrected chi connectivity index (χ3v) is 4.18. The number of amides is 1. The van der Waals surface area contributed by atoms with Gasteiger partial charge in [0.25, 0.3) is 0 Å². The Morgan fingerprint density at radius 1 is 1.38 bits per heavy atom. The monoisotopic (exact) mass is 289 g/mol. The van der Waals surface area contributed by atoms with Crippen molar-refractivity contribution in [2.45, 2.75) is 52.5 Å². The first kappa shape index (κ1) is 15.8. The number of aromatic nitrogens is 1. The molecule has 21 heavy (non-hydrogen) atoms. The predicted molar refractivity (Wildman–Crippen MR) is 86.1 cm³/mol. The number of carbonyl (C=O) groups is 1. The molecule has 1 saturated heterocycles. The van der Waals surface area contributed by atoms with Crippen LogP contribution in [0.15, 0.2) is 18.3 Å². The fourth-order valence-corrected chi connectivity index (χ4v) is 3.03. The third kappa shape index (κ3) is 4.73. The number of hydrogen-bond donors (Lipinski definition) is 1. The van der Waals surface area contributed by atoms with Gasteiger partial charge in [-0.2, -0.15) is 0 Å². The molecule has 2 rings (SSSR count). The van der Waals surface area contributed by atoms with E-state index in [9.17, 15) is 4.79 Å². The van der Waals surface area contributed by atoms with Crippen LogP contribution in [-0.2, 0) is 11.3 Å². The number of anilines is 1. The Hall–Kier alpha value is -1.58. The van der Waals surface area contributed by atoms with Gasteiger partial charge in [-0.05, 0) is 43.4 Å². The van der Waals surface area contributed by atoms with Crippen molar-refractivity contribution in [2.24, 2.45) is 5.92 Å². The van der Waals surface area contributed by atoms with Gasteiger partial charge in [0.15, 0.2) is 0 Å². The lowest BCUT2D eigenvalue weighted by molar-refractivity contribution is -0.131. The lowest BCUT2D eigenvalue weighted by Gasteiger charge is -2.21. The number of hydrogen-bond acceptors (Lipinski definition) is 3. The number of pyridine rings is 1. The molecule has 1 aliphatic rings. The number of nitrogens with zero attached hydrogens (tertiary/aromatic N) is 2. The third-order valence-electron chi connectivity index (χ3n) is 4.18. The molecule has 1 aromatic rings. The highest BCUT2D eigenvalue weighted by atomic mass is 16.2. The van der Waals surface area contributed by atoms with Crippen molar-refractivity contribution in [3.8, 4) is 0 Å². The Kier molecular flexibility index (Phi) is 6.03. The molecule has 1 fully saturated rings. The molecule has 0 bridgehead atoms. The van der Waals surface area contributed by atoms with E-state index in [0.29, 0.717) is 18.9 Å². The number of carbonyl (C=O) groups excluding carboxylic acids is 1. The van der Waals surface area contributed by atoms with E-state index in [-0.39, 0.29) is 0 Å². The lowest BCUT2D eigenvalue weighted by Crippen LogP contribution is -2.29. The first-order valence-corrected chi connectivity index (χ1v) is 8.19. The van der Waals surface area contributed by atoms with Crippen LogP contribution >= 0.6 is 0 Å². The molecule has 0 saturated carbocycles. The summed E-state index contributed by atoms with van der Waals surface area (Å²) in [6, 6.07) is 4.05. The van der Waals surface area contributed by atoms with E-state index < -0.39 is 0 Å². The summed E-state index contributed by atoms with van der Waals surface area (Å²) in [5, 5.41) is 3.22. The van der Waals surface area contributed by atoms with Crippen LogP contribution in [0.2, 0.25) is 0 Å². The van der Waals surface area contributed by atoms with Gasteiger partial charge in [-0.15, -0.1) is 0 Å². The second kappa shape index (κ2) is 8.01. The molecule has 4 nitrogen and oxygen atoms in total. The maximum atomic E-state index is 12.3. The van der Waals surface area contributed by atoms with E-state index >= 15 is 0 Å². The Bertz CT molecular complexity index is 461. The molecule has 1 amide bonds. The van der Waals surface area contributed by atoms with E-state index in [2.05, 4.69) is 24.1 Å². The fourth-order valence-electron chi connectivity index (χ4n) is 3.03. The van der Waals surface area contributed by atoms with Crippen LogP contribution in [0.5, 0.6) is 0 Å². The van der Waals surface area contributed by atoms with Crippen molar-refractivity contribution in [3.05, 3.63) is 23.9 Å². The van der Waals surface area contributed by atoms with Gasteiger partial charge in [0.2, 0.25) is 5.91 Å². The van der Waals surface area contributed by atoms with Gasteiger partial charge < -0.3 is 10.2 Å². The smallest absolute Gasteiger partial charge is 0.222 e. The van der Waals surface area contributed by atoms with Gasteiger partial charge in [0, 0.05) is 32.3 Å². The zero-order valence-corrected chi connectivity index (χ0v) is 13.3. The Morgan fingerprint density at radius 3 is 3.00 bits per heavy atom. The predicted octanol–water partition coefficient (Wildman–Crippen LogP) is 3.44. The highest BCUT2D eigenvalue weighted by Crippen LogP contribution is 2.23. The molecule has 0 radical (unpaired) electrons. The summed E-state index contributed by atoms with van der Waals surface area (Å²) in [5.74, 6) is 1.91. The van der Waals surface area contributed by atoms with Crippen LogP contribution in [0.4, 0.5) is 5.82 Å². The molecule has 1 unspecified atom stereocenters. The highest BCUT2D eigenvalue weighted by Gasteiger charge is 2.22. The number of rotatable bonds is 6. The van der Waals surface area contributed by atoms with Crippen molar-refractivity contribution < 1.29 is 4.79 Å². The van der Waals surface area contributed by atoms with Crippen LogP contribution in [0.3, 0.4) is 0 Å². The molecular formula is C17H27N3O. The zero-order chi connectivity index (χ0) is 15.1. The van der Waals surface area contributed by atoms with Crippen LogP contribution in [-0.4, -0.2) is 28.9 Å². The summed E-state index contributed by atoms with van der Waals surface area (Å²) in [7, 11) is 0. The van der Waals surface area contributed by atoms with E-state index in [0.717, 1.165) is 43.2 Å². The molecule has 2 heterocycles. The lowest BCUT2D eigenvalue weighted by atomic mass is 9.96. The largest absolute Gasteiger partial charge is 0.370 e. The maximum Gasteiger partial charge on any atom is 0.222 e. The normalized spacial score (nSPS) is 19.4. The van der Waals surface area contributed by atoms with Crippen molar-refractivity contribution in [1.29, 1.82) is 0 Å². The quantitative estimate of drug-likeness (QED) is 0.872. The topological polar surface area (TPSA) is 45.2 Å². The average molecular weight is 289 g/mol. The summed E-state index contributed by atoms with van der Waals surface area (Å²) < 4.78 is 0. The minimum atomic E-state index is 0.301. The molecule has 1 aliphatic heterocycles. The molecule has 116 valence electrons. The van der Waals surface area contributed by atoms with Crippen LogP contribution in [0.1, 0.15) is 51.5 Å². The van der Waals surface area contributed by atoms with E-state index in [1.54, 1.807) is 0 Å². The second-order valence-corrected chi connectivity index (χ2v) is 5.88. The van der Waals surface area contributed by atoms with Crippen molar-refractivity contribution in [1.82, 2.24) is 9.88 Å². The summed E-state index contributed by atoms with van der Waals surface area (Å²) in [5.41, 5.74) is 1.16. The van der Waals surface area contributed by atoms with Gasteiger partial charge in [-0.25, -0.2) is 4.98 Å². The van der Waals surface area contributed by atoms with Crippen molar-refractivity contribution in [2.75, 3.05) is 18.4 Å². The van der Waals surface area contributed by atoms with Gasteiger partial charge in [-0.3, -0.25) is 4.79 Å². The first-order chi connectivity index (χ1) is 10.2. The van der Waals surface area contributed by atoms with Crippen molar-refractivity contribution in [3.63, 3.8) is 0 Å². The van der Waals surface area contributed by atoms with Gasteiger partial charge in [0.1, 0.15) is 5.82 Å². The molecule has 0 aromatic carbocycles. The standard InChI is InChI=1S/C17H27N3O/c1-3-5-14-6-7-17(21)20(11-9-14)13-15-8-10-19-16(12-15)18-4-2/h8,10,12,14H,3-7,9,11,13H2,1-2H3,(H,18,19). The summed E-state index contributed by atoms with van der Waals surface area (Å²) in [6.45, 7) is 6.74. The first-order valence-electron chi connectivity index (χ1n) is 8.19. The zero-order valence-electron chi connectivity index (χ0n) is 13.3. The van der Waals surface area contributed by atoms with Crippen LogP contribution in [0, 0.1) is 5.92 Å². The van der Waals surface area contributed by atoms with Crippen LogP contribution < -0.4 is 5.32 Å². The maximum absolute atomic E-state index is 12.3. The molecule has 1 aromatic heterocycles.